The van der Waals surface area contributed by atoms with Gasteiger partial charge in [0, 0.05) is 6.42 Å². The average molecular weight is 227 g/mol. The lowest BCUT2D eigenvalue weighted by atomic mass is 10.2. The summed E-state index contributed by atoms with van der Waals surface area (Å²) in [4.78, 5) is 11.4. The standard InChI is InChI=1S/C10H17N3OS/c1-4-5-6-9(14)11-7(2)10-13-12-8(3)15-10/h7H,4-6H2,1-3H3,(H,11,14)/t7-/m1/s1. The highest BCUT2D eigenvalue weighted by molar-refractivity contribution is 7.11. The number of hydrogen-bond acceptors (Lipinski definition) is 4. The quantitative estimate of drug-likeness (QED) is 0.839. The van der Waals surface area contributed by atoms with E-state index >= 15 is 0 Å². The molecule has 1 aromatic rings. The maximum absolute atomic E-state index is 11.4. The Hall–Kier alpha value is -0.970. The van der Waals surface area contributed by atoms with Gasteiger partial charge in [-0.2, -0.15) is 0 Å². The van der Waals surface area contributed by atoms with Crippen LogP contribution in [0.25, 0.3) is 0 Å². The van der Waals surface area contributed by atoms with Gasteiger partial charge >= 0.3 is 0 Å². The Morgan fingerprint density at radius 1 is 1.53 bits per heavy atom. The predicted molar refractivity (Wildman–Crippen MR) is 60.7 cm³/mol. The number of carbonyl (C=O) groups is 1. The van der Waals surface area contributed by atoms with Crippen molar-refractivity contribution >= 4 is 17.2 Å². The normalized spacial score (nSPS) is 12.5. The summed E-state index contributed by atoms with van der Waals surface area (Å²) >= 11 is 1.52. The number of hydrogen-bond donors (Lipinski definition) is 1. The van der Waals surface area contributed by atoms with E-state index in [1.54, 1.807) is 0 Å². The lowest BCUT2D eigenvalue weighted by Gasteiger charge is -2.09. The van der Waals surface area contributed by atoms with Gasteiger partial charge in [-0.3, -0.25) is 4.79 Å². The number of nitrogens with one attached hydrogen (secondary N) is 1. The maximum Gasteiger partial charge on any atom is 0.220 e. The van der Waals surface area contributed by atoms with Gasteiger partial charge in [-0.25, -0.2) is 0 Å². The topological polar surface area (TPSA) is 54.9 Å². The van der Waals surface area contributed by atoms with Crippen molar-refractivity contribution in [1.82, 2.24) is 15.5 Å². The lowest BCUT2D eigenvalue weighted by molar-refractivity contribution is -0.121. The summed E-state index contributed by atoms with van der Waals surface area (Å²) in [6.45, 7) is 5.92. The van der Waals surface area contributed by atoms with Gasteiger partial charge in [0.2, 0.25) is 5.91 Å². The first kappa shape index (κ1) is 12.1. The summed E-state index contributed by atoms with van der Waals surface area (Å²) < 4.78 is 0. The molecule has 0 aromatic carbocycles. The van der Waals surface area contributed by atoms with Crippen LogP contribution in [-0.2, 0) is 4.79 Å². The molecular formula is C10H17N3OS. The minimum Gasteiger partial charge on any atom is -0.347 e. The van der Waals surface area contributed by atoms with Crippen LogP contribution >= 0.6 is 11.3 Å². The van der Waals surface area contributed by atoms with E-state index in [4.69, 9.17) is 0 Å². The molecular weight excluding hydrogens is 210 g/mol. The van der Waals surface area contributed by atoms with Crippen molar-refractivity contribution in [2.75, 3.05) is 0 Å². The molecule has 4 nitrogen and oxygen atoms in total. The number of aromatic nitrogens is 2. The van der Waals surface area contributed by atoms with Crippen molar-refractivity contribution in [3.05, 3.63) is 10.0 Å². The maximum atomic E-state index is 11.4. The molecule has 0 unspecified atom stereocenters. The van der Waals surface area contributed by atoms with Crippen molar-refractivity contribution < 1.29 is 4.79 Å². The minimum atomic E-state index is -0.0273. The summed E-state index contributed by atoms with van der Waals surface area (Å²) in [5.74, 6) is 0.0946. The Bertz CT molecular complexity index is 324. The zero-order chi connectivity index (χ0) is 11.3. The molecule has 1 atom stereocenters. The van der Waals surface area contributed by atoms with E-state index in [0.717, 1.165) is 22.9 Å². The number of unbranched alkanes of at least 4 members (excludes halogenated alkanes) is 1. The fourth-order valence-electron chi connectivity index (χ4n) is 1.20. The van der Waals surface area contributed by atoms with Gasteiger partial charge in [0.25, 0.3) is 0 Å². The first-order valence-electron chi connectivity index (χ1n) is 5.22. The van der Waals surface area contributed by atoms with Gasteiger partial charge in [-0.05, 0) is 20.3 Å². The molecule has 0 saturated heterocycles. The zero-order valence-corrected chi connectivity index (χ0v) is 10.2. The predicted octanol–water partition coefficient (Wildman–Crippen LogP) is 2.21. The molecule has 0 radical (unpaired) electrons. The smallest absolute Gasteiger partial charge is 0.220 e. The second-order valence-corrected chi connectivity index (χ2v) is 4.77. The van der Waals surface area contributed by atoms with Crippen LogP contribution in [-0.4, -0.2) is 16.1 Å². The number of nitrogens with zero attached hydrogens (tertiary/aromatic N) is 2. The van der Waals surface area contributed by atoms with E-state index in [-0.39, 0.29) is 11.9 Å². The molecule has 0 aliphatic carbocycles. The minimum absolute atomic E-state index is 0.0273. The van der Waals surface area contributed by atoms with Gasteiger partial charge in [-0.1, -0.05) is 24.7 Å². The van der Waals surface area contributed by atoms with Gasteiger partial charge in [0.15, 0.2) is 0 Å². The highest BCUT2D eigenvalue weighted by Crippen LogP contribution is 2.16. The SMILES string of the molecule is CCCCC(=O)N[C@H](C)c1nnc(C)s1. The van der Waals surface area contributed by atoms with E-state index in [1.165, 1.54) is 11.3 Å². The molecule has 0 aliphatic heterocycles. The summed E-state index contributed by atoms with van der Waals surface area (Å²) in [6.07, 6.45) is 2.58. The lowest BCUT2D eigenvalue weighted by Crippen LogP contribution is -2.26. The van der Waals surface area contributed by atoms with E-state index in [0.29, 0.717) is 6.42 Å². The average Bonchev–Trinajstić information content (AvgIpc) is 2.61. The van der Waals surface area contributed by atoms with Crippen LogP contribution in [0.3, 0.4) is 0 Å². The Balaban J connectivity index is 2.41. The third-order valence-electron chi connectivity index (χ3n) is 2.05. The zero-order valence-electron chi connectivity index (χ0n) is 9.41. The highest BCUT2D eigenvalue weighted by Gasteiger charge is 2.12. The fourth-order valence-corrected chi connectivity index (χ4v) is 1.90. The molecule has 0 fully saturated rings. The number of rotatable bonds is 5. The van der Waals surface area contributed by atoms with Crippen LogP contribution < -0.4 is 5.32 Å². The second kappa shape index (κ2) is 5.80. The van der Waals surface area contributed by atoms with Gasteiger partial charge < -0.3 is 5.32 Å². The van der Waals surface area contributed by atoms with E-state index in [2.05, 4.69) is 22.4 Å². The molecule has 1 N–H and O–H groups in total. The first-order chi connectivity index (χ1) is 7.13. The summed E-state index contributed by atoms with van der Waals surface area (Å²) in [5, 5.41) is 12.6. The molecule has 0 bridgehead atoms. The summed E-state index contributed by atoms with van der Waals surface area (Å²) in [6, 6.07) is -0.0273. The first-order valence-corrected chi connectivity index (χ1v) is 6.04. The van der Waals surface area contributed by atoms with Crippen LogP contribution in [0.4, 0.5) is 0 Å². The molecule has 0 saturated carbocycles. The van der Waals surface area contributed by atoms with Crippen LogP contribution in [0.2, 0.25) is 0 Å². The van der Waals surface area contributed by atoms with Crippen LogP contribution in [0.1, 0.15) is 49.2 Å². The third-order valence-corrected chi connectivity index (χ3v) is 3.07. The van der Waals surface area contributed by atoms with Crippen molar-refractivity contribution in [3.63, 3.8) is 0 Å². The second-order valence-electron chi connectivity index (χ2n) is 3.55. The van der Waals surface area contributed by atoms with Gasteiger partial charge in [0.1, 0.15) is 10.0 Å². The molecule has 0 aliphatic rings. The number of aryl methyl sites for hydroxylation is 1. The Morgan fingerprint density at radius 3 is 2.80 bits per heavy atom. The number of carbonyl (C=O) groups excluding carboxylic acids is 1. The molecule has 84 valence electrons. The van der Waals surface area contributed by atoms with Crippen LogP contribution in [0, 0.1) is 6.92 Å². The van der Waals surface area contributed by atoms with E-state index < -0.39 is 0 Å². The van der Waals surface area contributed by atoms with Crippen LogP contribution in [0.5, 0.6) is 0 Å². The largest absolute Gasteiger partial charge is 0.347 e. The van der Waals surface area contributed by atoms with Crippen molar-refractivity contribution in [1.29, 1.82) is 0 Å². The van der Waals surface area contributed by atoms with Crippen molar-refractivity contribution in [3.8, 4) is 0 Å². The molecule has 1 amide bonds. The third kappa shape index (κ3) is 3.95. The molecule has 0 spiro atoms. The molecule has 5 heteroatoms. The van der Waals surface area contributed by atoms with Crippen molar-refractivity contribution in [2.24, 2.45) is 0 Å². The van der Waals surface area contributed by atoms with Crippen LogP contribution in [0.15, 0.2) is 0 Å². The number of amides is 1. The molecule has 1 rings (SSSR count). The Labute approximate surface area is 94.1 Å². The fraction of sp³-hybridized carbons (Fsp3) is 0.700. The highest BCUT2D eigenvalue weighted by atomic mass is 32.1. The summed E-state index contributed by atoms with van der Waals surface area (Å²) in [5.41, 5.74) is 0. The van der Waals surface area contributed by atoms with E-state index in [9.17, 15) is 4.79 Å². The van der Waals surface area contributed by atoms with Gasteiger partial charge in [0.05, 0.1) is 6.04 Å². The van der Waals surface area contributed by atoms with E-state index in [1.807, 2.05) is 13.8 Å². The Kier molecular flexibility index (Phi) is 4.68. The summed E-state index contributed by atoms with van der Waals surface area (Å²) in [7, 11) is 0. The molecule has 1 aromatic heterocycles. The van der Waals surface area contributed by atoms with Gasteiger partial charge in [-0.15, -0.1) is 10.2 Å². The monoisotopic (exact) mass is 227 g/mol. The Morgan fingerprint density at radius 2 is 2.27 bits per heavy atom. The molecule has 1 heterocycles. The molecule has 15 heavy (non-hydrogen) atoms. The van der Waals surface area contributed by atoms with Crippen molar-refractivity contribution in [2.45, 2.75) is 46.1 Å².